The summed E-state index contributed by atoms with van der Waals surface area (Å²) >= 11 is 0. The quantitative estimate of drug-likeness (QED) is 0.508. The highest BCUT2D eigenvalue weighted by atomic mass is 16.5. The van der Waals surface area contributed by atoms with E-state index in [2.05, 4.69) is 23.7 Å². The SMILES string of the molecule is CCOc1ccc2c(=O)c3c(oc2c1)C(=O)N(CCCN(CC)CC)C3c1cccnc1. The van der Waals surface area contributed by atoms with E-state index in [9.17, 15) is 9.59 Å². The van der Waals surface area contributed by atoms with E-state index in [1.54, 1.807) is 35.5 Å². The molecule has 1 atom stereocenters. The molecule has 0 N–H and O–H groups in total. The van der Waals surface area contributed by atoms with E-state index in [0.29, 0.717) is 35.4 Å². The van der Waals surface area contributed by atoms with Crippen molar-refractivity contribution in [3.8, 4) is 5.75 Å². The topological polar surface area (TPSA) is 75.9 Å². The number of carbonyl (C=O) groups excluding carboxylic acids is 1. The Morgan fingerprint density at radius 3 is 2.66 bits per heavy atom. The molecule has 0 bridgehead atoms. The lowest BCUT2D eigenvalue weighted by molar-refractivity contribution is 0.0720. The molecule has 1 aliphatic heterocycles. The molecule has 0 saturated carbocycles. The minimum absolute atomic E-state index is 0.118. The largest absolute Gasteiger partial charge is 0.494 e. The molecule has 168 valence electrons. The normalized spacial score (nSPS) is 15.6. The van der Waals surface area contributed by atoms with Gasteiger partial charge in [0.25, 0.3) is 5.91 Å². The summed E-state index contributed by atoms with van der Waals surface area (Å²) in [6, 6.07) is 8.36. The highest BCUT2D eigenvalue weighted by molar-refractivity contribution is 5.99. The number of carbonyl (C=O) groups is 1. The summed E-state index contributed by atoms with van der Waals surface area (Å²) in [6.45, 7) is 9.98. The van der Waals surface area contributed by atoms with Crippen LogP contribution in [-0.4, -0.2) is 53.5 Å². The van der Waals surface area contributed by atoms with Gasteiger partial charge < -0.3 is 19.0 Å². The van der Waals surface area contributed by atoms with Crippen LogP contribution in [0.5, 0.6) is 5.75 Å². The molecule has 0 fully saturated rings. The van der Waals surface area contributed by atoms with Crippen LogP contribution in [0.3, 0.4) is 0 Å². The van der Waals surface area contributed by atoms with E-state index >= 15 is 0 Å². The Bertz CT molecular complexity index is 1160. The summed E-state index contributed by atoms with van der Waals surface area (Å²) in [7, 11) is 0. The Hall–Kier alpha value is -3.19. The van der Waals surface area contributed by atoms with E-state index in [1.165, 1.54) is 0 Å². The molecule has 1 amide bonds. The summed E-state index contributed by atoms with van der Waals surface area (Å²) in [5.74, 6) is 0.468. The Balaban J connectivity index is 1.77. The Morgan fingerprint density at radius 1 is 1.16 bits per heavy atom. The molecule has 2 aromatic heterocycles. The number of aromatic nitrogens is 1. The summed E-state index contributed by atoms with van der Waals surface area (Å²) < 4.78 is 11.6. The maximum absolute atomic E-state index is 13.5. The first-order valence-electron chi connectivity index (χ1n) is 11.3. The number of amides is 1. The molecule has 0 spiro atoms. The van der Waals surface area contributed by atoms with E-state index in [4.69, 9.17) is 9.15 Å². The highest BCUT2D eigenvalue weighted by Gasteiger charge is 2.42. The van der Waals surface area contributed by atoms with Crippen molar-refractivity contribution in [2.45, 2.75) is 33.2 Å². The molecule has 0 saturated heterocycles. The molecular formula is C25H29N3O4. The van der Waals surface area contributed by atoms with Crippen molar-refractivity contribution < 1.29 is 13.9 Å². The molecule has 7 heteroatoms. The highest BCUT2D eigenvalue weighted by Crippen LogP contribution is 2.38. The third-order valence-electron chi connectivity index (χ3n) is 6.02. The third-order valence-corrected chi connectivity index (χ3v) is 6.02. The van der Waals surface area contributed by atoms with Crippen LogP contribution in [0.15, 0.2) is 51.9 Å². The Kier molecular flexibility index (Phi) is 6.55. The van der Waals surface area contributed by atoms with Gasteiger partial charge in [0.1, 0.15) is 11.3 Å². The average molecular weight is 436 g/mol. The minimum atomic E-state index is -0.505. The molecule has 0 aliphatic carbocycles. The van der Waals surface area contributed by atoms with Crippen LogP contribution >= 0.6 is 0 Å². The molecule has 1 aliphatic rings. The third kappa shape index (κ3) is 4.00. The lowest BCUT2D eigenvalue weighted by atomic mass is 10.00. The van der Waals surface area contributed by atoms with Gasteiger partial charge in [-0.15, -0.1) is 0 Å². The van der Waals surface area contributed by atoms with Crippen LogP contribution in [-0.2, 0) is 0 Å². The van der Waals surface area contributed by atoms with Crippen LogP contribution in [0, 0.1) is 0 Å². The molecule has 4 rings (SSSR count). The number of fused-ring (bicyclic) bond motifs is 2. The fourth-order valence-corrected chi connectivity index (χ4v) is 4.37. The zero-order valence-electron chi connectivity index (χ0n) is 18.8. The van der Waals surface area contributed by atoms with Crippen molar-refractivity contribution in [2.75, 3.05) is 32.8 Å². The second kappa shape index (κ2) is 9.53. The van der Waals surface area contributed by atoms with E-state index in [0.717, 1.165) is 31.6 Å². The molecule has 1 unspecified atom stereocenters. The lowest BCUT2D eigenvalue weighted by Crippen LogP contribution is -2.33. The lowest BCUT2D eigenvalue weighted by Gasteiger charge is -2.26. The fourth-order valence-electron chi connectivity index (χ4n) is 4.37. The van der Waals surface area contributed by atoms with E-state index < -0.39 is 6.04 Å². The molecule has 3 aromatic rings. The van der Waals surface area contributed by atoms with Crippen LogP contribution in [0.25, 0.3) is 11.0 Å². The van der Waals surface area contributed by atoms with Crippen LogP contribution < -0.4 is 10.2 Å². The van der Waals surface area contributed by atoms with Gasteiger partial charge >= 0.3 is 0 Å². The zero-order valence-corrected chi connectivity index (χ0v) is 18.8. The zero-order chi connectivity index (χ0) is 22.7. The number of pyridine rings is 1. The number of nitrogens with zero attached hydrogens (tertiary/aromatic N) is 3. The standard InChI is InChI=1S/C25H29N3O4/c1-4-27(5-2)13-8-14-28-22(17-9-7-12-26-16-17)21-23(29)19-11-10-18(31-6-3)15-20(19)32-24(21)25(28)30/h7,9-12,15-16,22H,4-6,8,13-14H2,1-3H3. The van der Waals surface area contributed by atoms with Crippen LogP contribution in [0.2, 0.25) is 0 Å². The predicted molar refractivity (Wildman–Crippen MR) is 123 cm³/mol. The number of rotatable bonds is 9. The second-order valence-corrected chi connectivity index (χ2v) is 7.83. The van der Waals surface area contributed by atoms with E-state index in [1.807, 2.05) is 19.1 Å². The second-order valence-electron chi connectivity index (χ2n) is 7.83. The fraction of sp³-hybridized carbons (Fsp3) is 0.400. The summed E-state index contributed by atoms with van der Waals surface area (Å²) in [5.41, 5.74) is 1.38. The van der Waals surface area contributed by atoms with Gasteiger partial charge in [-0.2, -0.15) is 0 Å². The van der Waals surface area contributed by atoms with Gasteiger partial charge in [-0.25, -0.2) is 0 Å². The van der Waals surface area contributed by atoms with Crippen LogP contribution in [0.4, 0.5) is 0 Å². The molecule has 7 nitrogen and oxygen atoms in total. The maximum atomic E-state index is 13.5. The predicted octanol–water partition coefficient (Wildman–Crippen LogP) is 3.86. The number of benzene rings is 1. The van der Waals surface area contributed by atoms with Gasteiger partial charge in [0.2, 0.25) is 5.76 Å². The molecule has 32 heavy (non-hydrogen) atoms. The Morgan fingerprint density at radius 2 is 1.97 bits per heavy atom. The van der Waals surface area contributed by atoms with E-state index in [-0.39, 0.29) is 17.1 Å². The van der Waals surface area contributed by atoms with Crippen molar-refractivity contribution in [2.24, 2.45) is 0 Å². The first-order chi connectivity index (χ1) is 15.6. The van der Waals surface area contributed by atoms with Gasteiger partial charge in [0, 0.05) is 25.0 Å². The monoisotopic (exact) mass is 435 g/mol. The summed E-state index contributed by atoms with van der Waals surface area (Å²) in [4.78, 5) is 35.3. The van der Waals surface area contributed by atoms with Gasteiger partial charge in [-0.05, 0) is 56.7 Å². The molecule has 1 aromatic carbocycles. The minimum Gasteiger partial charge on any atom is -0.494 e. The summed E-state index contributed by atoms with van der Waals surface area (Å²) in [6.07, 6.45) is 4.21. The van der Waals surface area contributed by atoms with Gasteiger partial charge in [0.05, 0.1) is 23.6 Å². The number of ether oxygens (including phenoxy) is 1. The smallest absolute Gasteiger partial charge is 0.290 e. The van der Waals surface area contributed by atoms with Crippen LogP contribution in [0.1, 0.15) is 54.9 Å². The van der Waals surface area contributed by atoms with Crippen molar-refractivity contribution >= 4 is 16.9 Å². The Labute approximate surface area is 187 Å². The average Bonchev–Trinajstić information content (AvgIpc) is 3.09. The van der Waals surface area contributed by atoms with Crippen molar-refractivity contribution in [1.82, 2.24) is 14.8 Å². The van der Waals surface area contributed by atoms with Gasteiger partial charge in [-0.1, -0.05) is 19.9 Å². The first kappa shape index (κ1) is 22.0. The van der Waals surface area contributed by atoms with Gasteiger partial charge in [0.15, 0.2) is 5.43 Å². The van der Waals surface area contributed by atoms with Crippen molar-refractivity contribution in [1.29, 1.82) is 0 Å². The molecule has 0 radical (unpaired) electrons. The van der Waals surface area contributed by atoms with Gasteiger partial charge in [-0.3, -0.25) is 14.6 Å². The molecular weight excluding hydrogens is 406 g/mol. The van der Waals surface area contributed by atoms with Crippen molar-refractivity contribution in [3.63, 3.8) is 0 Å². The number of hydrogen-bond acceptors (Lipinski definition) is 6. The maximum Gasteiger partial charge on any atom is 0.290 e. The van der Waals surface area contributed by atoms with Crippen molar-refractivity contribution in [3.05, 3.63) is 69.8 Å². The number of hydrogen-bond donors (Lipinski definition) is 0. The summed E-state index contributed by atoms with van der Waals surface area (Å²) in [5, 5.41) is 0.443. The molecule has 3 heterocycles. The first-order valence-corrected chi connectivity index (χ1v) is 11.3.